The predicted molar refractivity (Wildman–Crippen MR) is 98.4 cm³/mol. The Kier molecular flexibility index (Phi) is 4.18. The fourth-order valence-electron chi connectivity index (χ4n) is 2.76. The molecule has 0 saturated heterocycles. The summed E-state index contributed by atoms with van der Waals surface area (Å²) in [6.07, 6.45) is 1.98. The van der Waals surface area contributed by atoms with Crippen LogP contribution < -0.4 is 5.32 Å². The van der Waals surface area contributed by atoms with Crippen molar-refractivity contribution in [3.05, 3.63) is 65.4 Å². The molecule has 1 heterocycles. The molecule has 0 aliphatic carbocycles. The Bertz CT molecular complexity index is 867. The van der Waals surface area contributed by atoms with Crippen molar-refractivity contribution in [1.29, 1.82) is 0 Å². The van der Waals surface area contributed by atoms with Gasteiger partial charge < -0.3 is 9.73 Å². The van der Waals surface area contributed by atoms with Gasteiger partial charge in [-0.25, -0.2) is 0 Å². The Hall–Kier alpha value is -2.55. The van der Waals surface area contributed by atoms with E-state index in [0.717, 1.165) is 27.8 Å². The van der Waals surface area contributed by atoms with Gasteiger partial charge in [0.25, 0.3) is 0 Å². The first-order valence-corrected chi connectivity index (χ1v) is 8.20. The highest BCUT2D eigenvalue weighted by Crippen LogP contribution is 2.25. The van der Waals surface area contributed by atoms with E-state index in [1.54, 1.807) is 6.26 Å². The molecule has 1 amide bonds. The van der Waals surface area contributed by atoms with Crippen LogP contribution in [0, 0.1) is 6.92 Å². The quantitative estimate of drug-likeness (QED) is 0.718. The largest absolute Gasteiger partial charge is 0.464 e. The molecule has 2 aromatic carbocycles. The van der Waals surface area contributed by atoms with Gasteiger partial charge in [-0.2, -0.15) is 0 Å². The van der Waals surface area contributed by atoms with E-state index in [1.807, 2.05) is 37.3 Å². The molecule has 0 unspecified atom stereocenters. The van der Waals surface area contributed by atoms with E-state index < -0.39 is 0 Å². The summed E-state index contributed by atoms with van der Waals surface area (Å²) >= 11 is 0. The normalized spacial score (nSPS) is 11.7. The standard InChI is InChI=1S/C21H23NO2/c1-14-5-10-18-15(13-24-19(18)11-14)12-20(23)22-17-8-6-16(7-9-17)21(2,3)4/h5-11,13H,12H2,1-4H3,(H,22,23). The fourth-order valence-corrected chi connectivity index (χ4v) is 2.76. The molecule has 0 bridgehead atoms. The number of rotatable bonds is 3. The second-order valence-electron chi connectivity index (χ2n) is 7.31. The first kappa shape index (κ1) is 16.3. The van der Waals surface area contributed by atoms with E-state index in [1.165, 1.54) is 5.56 Å². The molecule has 3 rings (SSSR count). The first-order valence-electron chi connectivity index (χ1n) is 8.20. The summed E-state index contributed by atoms with van der Waals surface area (Å²) in [5.74, 6) is -0.0400. The molecule has 0 saturated carbocycles. The number of carbonyl (C=O) groups is 1. The van der Waals surface area contributed by atoms with Gasteiger partial charge in [-0.05, 0) is 41.7 Å². The van der Waals surface area contributed by atoms with Crippen molar-refractivity contribution in [3.63, 3.8) is 0 Å². The van der Waals surface area contributed by atoms with Crippen LogP contribution in [0.4, 0.5) is 5.69 Å². The van der Waals surface area contributed by atoms with Gasteiger partial charge in [0.2, 0.25) is 5.91 Å². The summed E-state index contributed by atoms with van der Waals surface area (Å²) < 4.78 is 5.55. The lowest BCUT2D eigenvalue weighted by Gasteiger charge is -2.19. The molecule has 3 aromatic rings. The van der Waals surface area contributed by atoms with Crippen LogP contribution >= 0.6 is 0 Å². The van der Waals surface area contributed by atoms with Gasteiger partial charge in [0.1, 0.15) is 5.58 Å². The maximum atomic E-state index is 12.3. The summed E-state index contributed by atoms with van der Waals surface area (Å²) in [6, 6.07) is 14.1. The van der Waals surface area contributed by atoms with Gasteiger partial charge in [-0.3, -0.25) is 4.79 Å². The number of hydrogen-bond donors (Lipinski definition) is 1. The van der Waals surface area contributed by atoms with Crippen LogP contribution in [0.2, 0.25) is 0 Å². The van der Waals surface area contributed by atoms with Gasteiger partial charge in [-0.1, -0.05) is 45.0 Å². The summed E-state index contributed by atoms with van der Waals surface area (Å²) in [6.45, 7) is 8.54. The lowest BCUT2D eigenvalue weighted by Crippen LogP contribution is -2.15. The molecule has 0 aliphatic rings. The highest BCUT2D eigenvalue weighted by atomic mass is 16.3. The topological polar surface area (TPSA) is 42.2 Å². The van der Waals surface area contributed by atoms with Crippen LogP contribution in [-0.4, -0.2) is 5.91 Å². The van der Waals surface area contributed by atoms with Gasteiger partial charge in [0.15, 0.2) is 0 Å². The maximum Gasteiger partial charge on any atom is 0.228 e. The van der Waals surface area contributed by atoms with Gasteiger partial charge in [0.05, 0.1) is 12.7 Å². The average Bonchev–Trinajstić information content (AvgIpc) is 2.89. The Balaban J connectivity index is 1.71. The van der Waals surface area contributed by atoms with E-state index in [9.17, 15) is 4.79 Å². The molecule has 0 radical (unpaired) electrons. The Labute approximate surface area is 142 Å². The maximum absolute atomic E-state index is 12.3. The Morgan fingerprint density at radius 1 is 1.08 bits per heavy atom. The Morgan fingerprint density at radius 2 is 1.79 bits per heavy atom. The number of carbonyl (C=O) groups excluding carboxylic acids is 1. The van der Waals surface area contributed by atoms with Crippen LogP contribution in [0.15, 0.2) is 53.1 Å². The molecule has 124 valence electrons. The molecule has 0 atom stereocenters. The van der Waals surface area contributed by atoms with Gasteiger partial charge in [-0.15, -0.1) is 0 Å². The van der Waals surface area contributed by atoms with Crippen LogP contribution in [-0.2, 0) is 16.6 Å². The predicted octanol–water partition coefficient (Wildman–Crippen LogP) is 5.22. The van der Waals surface area contributed by atoms with Gasteiger partial charge >= 0.3 is 0 Å². The SMILES string of the molecule is Cc1ccc2c(CC(=O)Nc3ccc(C(C)(C)C)cc3)coc2c1. The summed E-state index contributed by atoms with van der Waals surface area (Å²) in [7, 11) is 0. The lowest BCUT2D eigenvalue weighted by molar-refractivity contribution is -0.115. The van der Waals surface area contributed by atoms with Crippen molar-refractivity contribution in [2.24, 2.45) is 0 Å². The summed E-state index contributed by atoms with van der Waals surface area (Å²) in [5.41, 5.74) is 5.05. The molecule has 24 heavy (non-hydrogen) atoms. The second kappa shape index (κ2) is 6.16. The molecule has 1 N–H and O–H groups in total. The number of furan rings is 1. The van der Waals surface area contributed by atoms with Crippen molar-refractivity contribution in [1.82, 2.24) is 0 Å². The molecular weight excluding hydrogens is 298 g/mol. The highest BCUT2D eigenvalue weighted by Gasteiger charge is 2.14. The monoisotopic (exact) mass is 321 g/mol. The van der Waals surface area contributed by atoms with E-state index >= 15 is 0 Å². The molecular formula is C21H23NO2. The Morgan fingerprint density at radius 3 is 2.46 bits per heavy atom. The van der Waals surface area contributed by atoms with E-state index in [-0.39, 0.29) is 11.3 Å². The zero-order chi connectivity index (χ0) is 17.3. The second-order valence-corrected chi connectivity index (χ2v) is 7.31. The number of benzene rings is 2. The summed E-state index contributed by atoms with van der Waals surface area (Å²) in [4.78, 5) is 12.3. The smallest absolute Gasteiger partial charge is 0.228 e. The summed E-state index contributed by atoms with van der Waals surface area (Å²) in [5, 5.41) is 3.95. The average molecular weight is 321 g/mol. The van der Waals surface area contributed by atoms with Crippen molar-refractivity contribution >= 4 is 22.6 Å². The number of aryl methyl sites for hydroxylation is 1. The number of fused-ring (bicyclic) bond motifs is 1. The van der Waals surface area contributed by atoms with Crippen LogP contribution in [0.5, 0.6) is 0 Å². The van der Waals surface area contributed by atoms with Crippen molar-refractivity contribution in [2.75, 3.05) is 5.32 Å². The van der Waals surface area contributed by atoms with E-state index in [4.69, 9.17) is 4.42 Å². The van der Waals surface area contributed by atoms with Crippen molar-refractivity contribution < 1.29 is 9.21 Å². The molecule has 0 fully saturated rings. The first-order chi connectivity index (χ1) is 11.3. The van der Waals surface area contributed by atoms with Crippen molar-refractivity contribution in [3.8, 4) is 0 Å². The number of anilines is 1. The highest BCUT2D eigenvalue weighted by molar-refractivity contribution is 5.95. The molecule has 1 aromatic heterocycles. The van der Waals surface area contributed by atoms with Crippen LogP contribution in [0.1, 0.15) is 37.5 Å². The molecule has 0 spiro atoms. The minimum atomic E-state index is -0.0400. The third-order valence-electron chi connectivity index (χ3n) is 4.20. The number of amides is 1. The van der Waals surface area contributed by atoms with Crippen LogP contribution in [0.3, 0.4) is 0 Å². The lowest BCUT2D eigenvalue weighted by atomic mass is 9.87. The fraction of sp³-hybridized carbons (Fsp3) is 0.286. The zero-order valence-corrected chi connectivity index (χ0v) is 14.6. The molecule has 0 aliphatic heterocycles. The van der Waals surface area contributed by atoms with Crippen molar-refractivity contribution in [2.45, 2.75) is 39.5 Å². The number of nitrogens with one attached hydrogen (secondary N) is 1. The molecule has 3 heteroatoms. The minimum absolute atomic E-state index is 0.0400. The number of hydrogen-bond acceptors (Lipinski definition) is 2. The third-order valence-corrected chi connectivity index (χ3v) is 4.20. The van der Waals surface area contributed by atoms with E-state index in [2.05, 4.69) is 38.2 Å². The zero-order valence-electron chi connectivity index (χ0n) is 14.6. The van der Waals surface area contributed by atoms with Gasteiger partial charge in [0, 0.05) is 16.6 Å². The van der Waals surface area contributed by atoms with Crippen LogP contribution in [0.25, 0.3) is 11.0 Å². The third kappa shape index (κ3) is 3.51. The molecule has 3 nitrogen and oxygen atoms in total. The minimum Gasteiger partial charge on any atom is -0.464 e. The van der Waals surface area contributed by atoms with E-state index in [0.29, 0.717) is 6.42 Å².